The minimum absolute atomic E-state index is 0.452. The molecule has 140 valence electrons. The van der Waals surface area contributed by atoms with Crippen molar-refractivity contribution in [1.82, 2.24) is 15.3 Å². The summed E-state index contributed by atoms with van der Waals surface area (Å²) < 4.78 is 0. The summed E-state index contributed by atoms with van der Waals surface area (Å²) in [5.74, 6) is 1.65. The van der Waals surface area contributed by atoms with E-state index in [4.69, 9.17) is 16.9 Å². The summed E-state index contributed by atoms with van der Waals surface area (Å²) in [6.45, 7) is 1.74. The average molecular weight is 363 g/mol. The van der Waals surface area contributed by atoms with Crippen molar-refractivity contribution in [3.8, 4) is 0 Å². The van der Waals surface area contributed by atoms with Crippen LogP contribution < -0.4 is 22.1 Å². The zero-order valence-corrected chi connectivity index (χ0v) is 15.6. The number of nitrogens with zero attached hydrogens (tertiary/aromatic N) is 2. The molecule has 1 aliphatic carbocycles. The van der Waals surface area contributed by atoms with Crippen molar-refractivity contribution in [3.05, 3.63) is 59.8 Å². The van der Waals surface area contributed by atoms with Gasteiger partial charge in [0.25, 0.3) is 0 Å². The van der Waals surface area contributed by atoms with Gasteiger partial charge in [-0.25, -0.2) is 4.98 Å². The van der Waals surface area contributed by atoms with Gasteiger partial charge in [-0.3, -0.25) is 4.98 Å². The molecule has 1 aliphatic rings. The molecule has 0 saturated heterocycles. The van der Waals surface area contributed by atoms with Crippen LogP contribution in [0.2, 0.25) is 0 Å². The van der Waals surface area contributed by atoms with Crippen LogP contribution in [0, 0.1) is 11.3 Å². The van der Waals surface area contributed by atoms with Crippen LogP contribution in [0.5, 0.6) is 0 Å². The van der Waals surface area contributed by atoms with Crippen LogP contribution in [-0.4, -0.2) is 22.7 Å². The monoisotopic (exact) mass is 363 g/mol. The van der Waals surface area contributed by atoms with Gasteiger partial charge in [0.05, 0.1) is 11.0 Å². The Balaban J connectivity index is 1.88. The molecule has 1 saturated carbocycles. The molecule has 7 N–H and O–H groups in total. The molecule has 7 heteroatoms. The van der Waals surface area contributed by atoms with Crippen molar-refractivity contribution >= 4 is 28.1 Å². The first-order valence-corrected chi connectivity index (χ1v) is 8.88. The second-order valence-corrected chi connectivity index (χ2v) is 6.60. The SMILES string of the molecule is CN/C=C(\C(C)=N)c1cnc2ccc(N/C(N)=C/C(=C\N)C3CC3)nc2c1. The number of aromatic nitrogens is 2. The van der Waals surface area contributed by atoms with E-state index in [2.05, 4.69) is 20.6 Å². The number of allylic oxidation sites excluding steroid dienone is 3. The standard InChI is InChI=1S/C20H25N7/c1-12(22)16(11-24-2)15-7-18-17(25-10-15)5-6-20(26-18)27-19(23)8-14(9-21)13-3-4-13/h5-11,13,22,24H,3-4,21,23H2,1-2H3,(H,26,27)/b14-9+,16-11+,19-8+,22-12?. The highest BCUT2D eigenvalue weighted by molar-refractivity contribution is 6.21. The van der Waals surface area contributed by atoms with Crippen LogP contribution in [-0.2, 0) is 0 Å². The molecule has 0 bridgehead atoms. The third-order valence-electron chi connectivity index (χ3n) is 4.38. The van der Waals surface area contributed by atoms with Gasteiger partial charge in [0.1, 0.15) is 11.6 Å². The van der Waals surface area contributed by atoms with Crippen molar-refractivity contribution in [2.24, 2.45) is 17.4 Å². The molecule has 0 atom stereocenters. The van der Waals surface area contributed by atoms with Gasteiger partial charge in [0, 0.05) is 36.3 Å². The molecule has 7 nitrogen and oxygen atoms in total. The maximum absolute atomic E-state index is 7.95. The fourth-order valence-electron chi connectivity index (χ4n) is 2.86. The molecule has 0 aliphatic heterocycles. The number of rotatable bonds is 7. The third-order valence-corrected chi connectivity index (χ3v) is 4.38. The smallest absolute Gasteiger partial charge is 0.132 e. The molecule has 2 aromatic heterocycles. The Morgan fingerprint density at radius 2 is 2.07 bits per heavy atom. The second-order valence-electron chi connectivity index (χ2n) is 6.60. The Labute approximate surface area is 158 Å². The fourth-order valence-corrected chi connectivity index (χ4v) is 2.86. The lowest BCUT2D eigenvalue weighted by atomic mass is 10.0. The lowest BCUT2D eigenvalue weighted by molar-refractivity contribution is 1.03. The van der Waals surface area contributed by atoms with Crippen LogP contribution in [0.4, 0.5) is 5.82 Å². The quantitative estimate of drug-likeness (QED) is 0.380. The van der Waals surface area contributed by atoms with E-state index < -0.39 is 0 Å². The summed E-state index contributed by atoms with van der Waals surface area (Å²) in [6, 6.07) is 5.65. The van der Waals surface area contributed by atoms with Crippen molar-refractivity contribution in [2.75, 3.05) is 12.4 Å². The topological polar surface area (TPSA) is 126 Å². The molecule has 0 spiro atoms. The number of nitrogens with one attached hydrogen (secondary N) is 3. The highest BCUT2D eigenvalue weighted by Gasteiger charge is 2.24. The molecular formula is C20H25N7. The first-order chi connectivity index (χ1) is 13.0. The van der Waals surface area contributed by atoms with Gasteiger partial charge < -0.3 is 27.5 Å². The van der Waals surface area contributed by atoms with E-state index in [0.29, 0.717) is 23.3 Å². The Morgan fingerprint density at radius 1 is 1.30 bits per heavy atom. The van der Waals surface area contributed by atoms with Gasteiger partial charge in [-0.2, -0.15) is 0 Å². The van der Waals surface area contributed by atoms with Gasteiger partial charge in [-0.05, 0) is 61.7 Å². The Morgan fingerprint density at radius 3 is 2.70 bits per heavy atom. The normalized spacial score (nSPS) is 15.7. The van der Waals surface area contributed by atoms with E-state index in [0.717, 1.165) is 40.6 Å². The van der Waals surface area contributed by atoms with Crippen molar-refractivity contribution in [1.29, 1.82) is 5.41 Å². The van der Waals surface area contributed by atoms with Crippen molar-refractivity contribution in [2.45, 2.75) is 19.8 Å². The number of anilines is 1. The molecule has 0 amide bonds. The molecule has 1 fully saturated rings. The molecule has 0 radical (unpaired) electrons. The number of hydrogen-bond donors (Lipinski definition) is 5. The zero-order chi connectivity index (χ0) is 19.4. The molecule has 0 unspecified atom stereocenters. The summed E-state index contributed by atoms with van der Waals surface area (Å²) in [4.78, 5) is 9.06. The number of hydrogen-bond acceptors (Lipinski definition) is 7. The van der Waals surface area contributed by atoms with E-state index in [1.165, 1.54) is 0 Å². The van der Waals surface area contributed by atoms with E-state index in [9.17, 15) is 0 Å². The second kappa shape index (κ2) is 7.90. The Kier molecular flexibility index (Phi) is 5.40. The number of nitrogens with two attached hydrogens (primary N) is 2. The predicted molar refractivity (Wildman–Crippen MR) is 111 cm³/mol. The summed E-state index contributed by atoms with van der Waals surface area (Å²) in [7, 11) is 1.80. The fraction of sp³-hybridized carbons (Fsp3) is 0.250. The lowest BCUT2D eigenvalue weighted by Gasteiger charge is -2.10. The Hall–Kier alpha value is -3.35. The highest BCUT2D eigenvalue weighted by Crippen LogP contribution is 2.36. The summed E-state index contributed by atoms with van der Waals surface area (Å²) >= 11 is 0. The van der Waals surface area contributed by atoms with E-state index in [-0.39, 0.29) is 0 Å². The predicted octanol–water partition coefficient (Wildman–Crippen LogP) is 2.69. The van der Waals surface area contributed by atoms with Gasteiger partial charge in [0.15, 0.2) is 0 Å². The van der Waals surface area contributed by atoms with E-state index in [1.54, 1.807) is 32.6 Å². The van der Waals surface area contributed by atoms with Gasteiger partial charge >= 0.3 is 0 Å². The maximum atomic E-state index is 7.95. The van der Waals surface area contributed by atoms with Gasteiger partial charge in [0.2, 0.25) is 0 Å². The van der Waals surface area contributed by atoms with E-state index in [1.807, 2.05) is 24.3 Å². The summed E-state index contributed by atoms with van der Waals surface area (Å²) in [5.41, 5.74) is 16.4. The molecule has 2 aromatic rings. The molecule has 27 heavy (non-hydrogen) atoms. The van der Waals surface area contributed by atoms with Crippen LogP contribution in [0.1, 0.15) is 25.3 Å². The summed E-state index contributed by atoms with van der Waals surface area (Å²) in [5, 5.41) is 14.0. The first-order valence-electron chi connectivity index (χ1n) is 8.88. The minimum atomic E-state index is 0.452. The molecule has 0 aromatic carbocycles. The number of fused-ring (bicyclic) bond motifs is 1. The van der Waals surface area contributed by atoms with Crippen LogP contribution in [0.15, 0.2) is 54.3 Å². The average Bonchev–Trinajstić information content (AvgIpc) is 3.48. The minimum Gasteiger partial charge on any atom is -0.404 e. The van der Waals surface area contributed by atoms with Crippen LogP contribution >= 0.6 is 0 Å². The van der Waals surface area contributed by atoms with Crippen molar-refractivity contribution < 1.29 is 0 Å². The maximum Gasteiger partial charge on any atom is 0.132 e. The molecule has 2 heterocycles. The largest absolute Gasteiger partial charge is 0.404 e. The van der Waals surface area contributed by atoms with Crippen LogP contribution in [0.3, 0.4) is 0 Å². The van der Waals surface area contributed by atoms with Crippen molar-refractivity contribution in [3.63, 3.8) is 0 Å². The first kappa shape index (κ1) is 18.4. The zero-order valence-electron chi connectivity index (χ0n) is 15.6. The van der Waals surface area contributed by atoms with Gasteiger partial charge in [-0.1, -0.05) is 0 Å². The third kappa shape index (κ3) is 4.44. The van der Waals surface area contributed by atoms with E-state index >= 15 is 0 Å². The van der Waals surface area contributed by atoms with Gasteiger partial charge in [-0.15, -0.1) is 0 Å². The summed E-state index contributed by atoms with van der Waals surface area (Å²) in [6.07, 6.45) is 9.33. The van der Waals surface area contributed by atoms with Crippen LogP contribution in [0.25, 0.3) is 16.6 Å². The molecule has 3 rings (SSSR count). The Bertz CT molecular complexity index is 952. The number of pyridine rings is 2. The molecular weight excluding hydrogens is 338 g/mol. The highest BCUT2D eigenvalue weighted by atomic mass is 15.1. The lowest BCUT2D eigenvalue weighted by Crippen LogP contribution is -2.11.